The van der Waals surface area contributed by atoms with Crippen LogP contribution >= 0.6 is 11.3 Å². The van der Waals surface area contributed by atoms with E-state index in [1.165, 1.54) is 22.2 Å². The Balaban J connectivity index is 1.50. The molecule has 0 saturated heterocycles. The summed E-state index contributed by atoms with van der Waals surface area (Å²) in [4.78, 5) is 30.3. The molecule has 0 unspecified atom stereocenters. The minimum atomic E-state index is -0.461. The first-order valence-corrected chi connectivity index (χ1v) is 10.9. The fraction of sp³-hybridized carbons (Fsp3) is 0.208. The van der Waals surface area contributed by atoms with Crippen molar-refractivity contribution in [2.45, 2.75) is 19.9 Å². The molecule has 0 aliphatic carbocycles. The van der Waals surface area contributed by atoms with Gasteiger partial charge in [-0.15, -0.1) is 11.3 Å². The zero-order valence-corrected chi connectivity index (χ0v) is 17.9. The Morgan fingerprint density at radius 1 is 1.10 bits per heavy atom. The number of ether oxygens (including phenoxy) is 2. The molecular weight excluding hydrogens is 412 g/mol. The summed E-state index contributed by atoms with van der Waals surface area (Å²) in [5, 5.41) is 2.42. The zero-order chi connectivity index (χ0) is 21.6. The van der Waals surface area contributed by atoms with Crippen LogP contribution in [0.3, 0.4) is 0 Å². The highest BCUT2D eigenvalue weighted by Gasteiger charge is 2.15. The van der Waals surface area contributed by atoms with Crippen LogP contribution in [-0.2, 0) is 22.5 Å². The van der Waals surface area contributed by atoms with Gasteiger partial charge in [-0.2, -0.15) is 0 Å². The number of carbonyl (C=O) groups excluding carboxylic acids is 1. The maximum absolute atomic E-state index is 13.1. The van der Waals surface area contributed by atoms with Crippen LogP contribution in [-0.4, -0.2) is 28.7 Å². The summed E-state index contributed by atoms with van der Waals surface area (Å²) >= 11 is 1.40. The predicted molar refractivity (Wildman–Crippen MR) is 122 cm³/mol. The van der Waals surface area contributed by atoms with Crippen molar-refractivity contribution in [1.29, 1.82) is 0 Å². The monoisotopic (exact) mass is 434 g/mol. The van der Waals surface area contributed by atoms with E-state index < -0.39 is 5.97 Å². The Hall–Kier alpha value is -3.45. The number of aromatic nitrogens is 2. The SMILES string of the molecule is CCOc1ccc(-c2csc3ncn(CC(=O)OCCc4ccccc4)c(=O)c23)cc1. The second kappa shape index (κ2) is 9.57. The Kier molecular flexibility index (Phi) is 6.43. The van der Waals surface area contributed by atoms with Gasteiger partial charge in [-0.05, 0) is 30.2 Å². The third-order valence-corrected chi connectivity index (χ3v) is 5.72. The van der Waals surface area contributed by atoms with Gasteiger partial charge in [-0.1, -0.05) is 42.5 Å². The standard InChI is InChI=1S/C24H22N2O4S/c1-2-29-19-10-8-18(9-11-19)20-15-31-23-22(20)24(28)26(16-25-23)14-21(27)30-13-12-17-6-4-3-5-7-17/h3-11,15-16H,2,12-14H2,1H3. The summed E-state index contributed by atoms with van der Waals surface area (Å²) < 4.78 is 12.1. The summed E-state index contributed by atoms with van der Waals surface area (Å²) in [7, 11) is 0. The molecule has 0 aliphatic heterocycles. The molecule has 7 heteroatoms. The summed E-state index contributed by atoms with van der Waals surface area (Å²) in [6.07, 6.45) is 2.03. The van der Waals surface area contributed by atoms with E-state index in [-0.39, 0.29) is 18.7 Å². The number of hydrogen-bond acceptors (Lipinski definition) is 6. The lowest BCUT2D eigenvalue weighted by Gasteiger charge is -2.08. The number of carbonyl (C=O) groups is 1. The van der Waals surface area contributed by atoms with Gasteiger partial charge in [0.2, 0.25) is 0 Å². The van der Waals surface area contributed by atoms with Crippen molar-refractivity contribution in [3.63, 3.8) is 0 Å². The molecule has 0 radical (unpaired) electrons. The molecule has 158 valence electrons. The molecule has 0 amide bonds. The zero-order valence-electron chi connectivity index (χ0n) is 17.1. The van der Waals surface area contributed by atoms with Crippen LogP contribution in [0, 0.1) is 0 Å². The normalized spacial score (nSPS) is 10.9. The molecule has 6 nitrogen and oxygen atoms in total. The lowest BCUT2D eigenvalue weighted by molar-refractivity contribution is -0.144. The first-order valence-electron chi connectivity index (χ1n) is 10.0. The average molecular weight is 435 g/mol. The fourth-order valence-electron chi connectivity index (χ4n) is 3.30. The third-order valence-electron chi connectivity index (χ3n) is 4.83. The Bertz CT molecular complexity index is 1230. The molecule has 4 aromatic rings. The van der Waals surface area contributed by atoms with Crippen molar-refractivity contribution < 1.29 is 14.3 Å². The number of rotatable bonds is 8. The van der Waals surface area contributed by atoms with Gasteiger partial charge in [0.25, 0.3) is 5.56 Å². The number of hydrogen-bond donors (Lipinski definition) is 0. The molecule has 2 heterocycles. The summed E-state index contributed by atoms with van der Waals surface area (Å²) in [5.41, 5.74) is 2.54. The van der Waals surface area contributed by atoms with Gasteiger partial charge in [0.15, 0.2) is 0 Å². The number of benzene rings is 2. The second-order valence-corrected chi connectivity index (χ2v) is 7.78. The molecule has 2 aromatic heterocycles. The number of esters is 1. The quantitative estimate of drug-likeness (QED) is 0.387. The van der Waals surface area contributed by atoms with E-state index in [9.17, 15) is 9.59 Å². The van der Waals surface area contributed by atoms with Gasteiger partial charge in [0.05, 0.1) is 24.9 Å². The minimum absolute atomic E-state index is 0.172. The van der Waals surface area contributed by atoms with E-state index in [1.54, 1.807) is 0 Å². The van der Waals surface area contributed by atoms with E-state index in [0.29, 0.717) is 23.2 Å². The molecule has 0 aliphatic rings. The van der Waals surface area contributed by atoms with Gasteiger partial charge in [-0.3, -0.25) is 14.2 Å². The molecule has 0 N–H and O–H groups in total. The maximum atomic E-state index is 13.1. The van der Waals surface area contributed by atoms with Crippen LogP contribution < -0.4 is 10.3 Å². The smallest absolute Gasteiger partial charge is 0.326 e. The molecule has 0 atom stereocenters. The number of nitrogens with zero attached hydrogens (tertiary/aromatic N) is 2. The van der Waals surface area contributed by atoms with Gasteiger partial charge in [0, 0.05) is 17.4 Å². The Labute approximate surface area is 183 Å². The fourth-order valence-corrected chi connectivity index (χ4v) is 4.21. The van der Waals surface area contributed by atoms with Gasteiger partial charge in [0.1, 0.15) is 17.1 Å². The largest absolute Gasteiger partial charge is 0.494 e. The highest BCUT2D eigenvalue weighted by Crippen LogP contribution is 2.31. The summed E-state index contributed by atoms with van der Waals surface area (Å²) in [6, 6.07) is 17.4. The molecule has 4 rings (SSSR count). The van der Waals surface area contributed by atoms with Crippen LogP contribution in [0.15, 0.2) is 71.1 Å². The first-order chi connectivity index (χ1) is 15.2. The van der Waals surface area contributed by atoms with Crippen LogP contribution in [0.1, 0.15) is 12.5 Å². The minimum Gasteiger partial charge on any atom is -0.494 e. The molecule has 2 aromatic carbocycles. The van der Waals surface area contributed by atoms with Gasteiger partial charge < -0.3 is 9.47 Å². The molecule has 0 saturated carbocycles. The van der Waals surface area contributed by atoms with Crippen molar-refractivity contribution in [2.24, 2.45) is 0 Å². The van der Waals surface area contributed by atoms with Crippen molar-refractivity contribution in [1.82, 2.24) is 9.55 Å². The van der Waals surface area contributed by atoms with E-state index >= 15 is 0 Å². The van der Waals surface area contributed by atoms with Crippen molar-refractivity contribution in [3.05, 3.63) is 82.2 Å². The van der Waals surface area contributed by atoms with E-state index in [4.69, 9.17) is 9.47 Å². The third kappa shape index (κ3) is 4.83. The summed E-state index contributed by atoms with van der Waals surface area (Å²) in [5.74, 6) is 0.316. The van der Waals surface area contributed by atoms with Gasteiger partial charge >= 0.3 is 5.97 Å². The highest BCUT2D eigenvalue weighted by molar-refractivity contribution is 7.17. The molecule has 0 bridgehead atoms. The average Bonchev–Trinajstić information content (AvgIpc) is 3.22. The number of thiophene rings is 1. The molecule has 0 fully saturated rings. The molecule has 0 spiro atoms. The summed E-state index contributed by atoms with van der Waals surface area (Å²) in [6.45, 7) is 2.62. The van der Waals surface area contributed by atoms with E-state index in [1.807, 2.05) is 66.9 Å². The van der Waals surface area contributed by atoms with Crippen LogP contribution in [0.2, 0.25) is 0 Å². The van der Waals surface area contributed by atoms with Crippen molar-refractivity contribution in [2.75, 3.05) is 13.2 Å². The van der Waals surface area contributed by atoms with Gasteiger partial charge in [-0.25, -0.2) is 4.98 Å². The van der Waals surface area contributed by atoms with Crippen molar-refractivity contribution in [3.8, 4) is 16.9 Å². The lowest BCUT2D eigenvalue weighted by atomic mass is 10.1. The Morgan fingerprint density at radius 2 is 1.87 bits per heavy atom. The van der Waals surface area contributed by atoms with E-state index in [2.05, 4.69) is 4.98 Å². The predicted octanol–water partition coefficient (Wildman–Crippen LogP) is 4.31. The van der Waals surface area contributed by atoms with E-state index in [0.717, 1.165) is 22.4 Å². The highest BCUT2D eigenvalue weighted by atomic mass is 32.1. The maximum Gasteiger partial charge on any atom is 0.326 e. The van der Waals surface area contributed by atoms with Crippen LogP contribution in [0.5, 0.6) is 5.75 Å². The molecule has 31 heavy (non-hydrogen) atoms. The lowest BCUT2D eigenvalue weighted by Crippen LogP contribution is -2.26. The topological polar surface area (TPSA) is 70.4 Å². The van der Waals surface area contributed by atoms with Crippen LogP contribution in [0.4, 0.5) is 0 Å². The molecular formula is C24H22N2O4S. The van der Waals surface area contributed by atoms with Crippen LogP contribution in [0.25, 0.3) is 21.3 Å². The number of fused-ring (bicyclic) bond motifs is 1. The first kappa shape index (κ1) is 20.8. The van der Waals surface area contributed by atoms with Crippen molar-refractivity contribution >= 4 is 27.5 Å². The second-order valence-electron chi connectivity index (χ2n) is 6.92. The Morgan fingerprint density at radius 3 is 2.61 bits per heavy atom.